The number of rotatable bonds is 6. The van der Waals surface area contributed by atoms with E-state index in [0.29, 0.717) is 23.8 Å². The van der Waals surface area contributed by atoms with Crippen LogP contribution < -0.4 is 5.32 Å². The Balaban J connectivity index is 0.000000221. The average molecular weight is 535 g/mol. The molecular formula is C30H50N2O6. The second-order valence-electron chi connectivity index (χ2n) is 13.3. The van der Waals surface area contributed by atoms with Gasteiger partial charge in [0, 0.05) is 31.8 Å². The van der Waals surface area contributed by atoms with Gasteiger partial charge in [0.2, 0.25) is 17.4 Å². The van der Waals surface area contributed by atoms with Crippen LogP contribution in [0, 0.1) is 29.1 Å². The number of aliphatic carboxylic acids is 1. The second-order valence-corrected chi connectivity index (χ2v) is 13.3. The maximum absolute atomic E-state index is 12.4. The molecule has 4 unspecified atom stereocenters. The Hall–Kier alpha value is -2.12. The van der Waals surface area contributed by atoms with Crippen molar-refractivity contribution in [1.29, 1.82) is 0 Å². The zero-order valence-corrected chi connectivity index (χ0v) is 24.4. The van der Waals surface area contributed by atoms with Crippen molar-refractivity contribution in [3.63, 3.8) is 0 Å². The molecule has 0 bridgehead atoms. The Morgan fingerprint density at radius 3 is 2.29 bits per heavy atom. The molecule has 0 radical (unpaired) electrons. The standard InChI is InChI=1S/C16H25NO5.C14H25NO/c1-10(2)15(3)7-4-5-11(9-15)22-14(21)16(13(19)20)8-6-12(18)17-16;1-10(2)12-7-6-11(3)9-13(12)15-8-4-5-14(15)16/h10-11H,4-9H2,1-3H3,(H,17,18)(H,19,20);10-13H,4-9H2,1-3H3/t11?,15?,16-;11?,12?,13-/m10/s1. The molecule has 4 rings (SSSR count). The smallest absolute Gasteiger partial charge is 0.343 e. The summed E-state index contributed by atoms with van der Waals surface area (Å²) in [4.78, 5) is 49.3. The van der Waals surface area contributed by atoms with Crippen LogP contribution in [-0.4, -0.2) is 58.0 Å². The van der Waals surface area contributed by atoms with Crippen LogP contribution in [0.5, 0.6) is 0 Å². The fraction of sp³-hybridized carbons (Fsp3) is 0.867. The van der Waals surface area contributed by atoms with Crippen LogP contribution in [0.3, 0.4) is 0 Å². The molecule has 2 saturated heterocycles. The summed E-state index contributed by atoms with van der Waals surface area (Å²) in [7, 11) is 0. The van der Waals surface area contributed by atoms with Crippen LogP contribution in [0.15, 0.2) is 0 Å². The van der Waals surface area contributed by atoms with E-state index in [2.05, 4.69) is 51.8 Å². The molecule has 0 aromatic carbocycles. The molecular weight excluding hydrogens is 484 g/mol. The zero-order chi connectivity index (χ0) is 28.3. The average Bonchev–Trinajstić information content (AvgIpc) is 3.45. The first-order valence-electron chi connectivity index (χ1n) is 14.8. The second kappa shape index (κ2) is 12.4. The van der Waals surface area contributed by atoms with Gasteiger partial charge in [0.1, 0.15) is 6.10 Å². The Kier molecular flexibility index (Phi) is 9.91. The number of esters is 1. The Morgan fingerprint density at radius 2 is 1.76 bits per heavy atom. The zero-order valence-electron chi connectivity index (χ0n) is 24.4. The summed E-state index contributed by atoms with van der Waals surface area (Å²) in [5, 5.41) is 11.6. The van der Waals surface area contributed by atoms with Gasteiger partial charge >= 0.3 is 11.9 Å². The predicted molar refractivity (Wildman–Crippen MR) is 145 cm³/mol. The molecule has 4 aliphatic rings. The molecule has 8 nitrogen and oxygen atoms in total. The van der Waals surface area contributed by atoms with Crippen LogP contribution >= 0.6 is 0 Å². The van der Waals surface area contributed by atoms with Crippen LogP contribution in [0.25, 0.3) is 0 Å². The number of ether oxygens (including phenoxy) is 1. The molecule has 2 aliphatic heterocycles. The van der Waals surface area contributed by atoms with Gasteiger partial charge in [-0.3, -0.25) is 9.59 Å². The minimum absolute atomic E-state index is 0.0375. The van der Waals surface area contributed by atoms with Gasteiger partial charge < -0.3 is 20.1 Å². The molecule has 4 fully saturated rings. The predicted octanol–water partition coefficient (Wildman–Crippen LogP) is 4.94. The number of nitrogens with one attached hydrogen (secondary N) is 1. The van der Waals surface area contributed by atoms with Crippen LogP contribution in [-0.2, 0) is 23.9 Å². The molecule has 2 heterocycles. The van der Waals surface area contributed by atoms with Gasteiger partial charge in [-0.15, -0.1) is 0 Å². The topological polar surface area (TPSA) is 113 Å². The molecule has 0 aromatic rings. The Bertz CT molecular complexity index is 888. The fourth-order valence-electron chi connectivity index (χ4n) is 6.93. The minimum Gasteiger partial charge on any atom is -0.479 e. The summed E-state index contributed by atoms with van der Waals surface area (Å²) >= 11 is 0. The first kappa shape index (κ1) is 30.4. The van der Waals surface area contributed by atoms with Crippen molar-refractivity contribution in [3.05, 3.63) is 0 Å². The summed E-state index contributed by atoms with van der Waals surface area (Å²) in [5.74, 6) is 0.528. The van der Waals surface area contributed by atoms with Crippen molar-refractivity contribution in [3.8, 4) is 0 Å². The summed E-state index contributed by atoms with van der Waals surface area (Å²) in [6.07, 6.45) is 9.00. The van der Waals surface area contributed by atoms with E-state index in [1.807, 2.05) is 0 Å². The number of likely N-dealkylation sites (tertiary alicyclic amines) is 1. The number of nitrogens with zero attached hydrogens (tertiary/aromatic N) is 1. The maximum Gasteiger partial charge on any atom is 0.343 e. The van der Waals surface area contributed by atoms with E-state index in [0.717, 1.165) is 56.9 Å². The van der Waals surface area contributed by atoms with E-state index >= 15 is 0 Å². The lowest BCUT2D eigenvalue weighted by atomic mass is 9.67. The Morgan fingerprint density at radius 1 is 1.05 bits per heavy atom. The highest BCUT2D eigenvalue weighted by Gasteiger charge is 2.54. The third-order valence-electron chi connectivity index (χ3n) is 9.93. The van der Waals surface area contributed by atoms with Crippen LogP contribution in [0.1, 0.15) is 112 Å². The van der Waals surface area contributed by atoms with Gasteiger partial charge in [0.05, 0.1) is 0 Å². The van der Waals surface area contributed by atoms with Crippen molar-refractivity contribution in [1.82, 2.24) is 10.2 Å². The summed E-state index contributed by atoms with van der Waals surface area (Å²) in [6.45, 7) is 14.5. The molecule has 8 heteroatoms. The van der Waals surface area contributed by atoms with Crippen molar-refractivity contribution in [2.75, 3.05) is 6.54 Å². The molecule has 2 N–H and O–H groups in total. The first-order valence-corrected chi connectivity index (χ1v) is 14.8. The lowest BCUT2D eigenvalue weighted by Gasteiger charge is -2.42. The van der Waals surface area contributed by atoms with Gasteiger partial charge in [0.25, 0.3) is 0 Å². The number of carboxylic acid groups (broad SMARTS) is 1. The van der Waals surface area contributed by atoms with Gasteiger partial charge in [-0.25, -0.2) is 9.59 Å². The molecule has 6 atom stereocenters. The molecule has 0 aromatic heterocycles. The number of carbonyl (C=O) groups excluding carboxylic acids is 3. The lowest BCUT2D eigenvalue weighted by molar-refractivity contribution is -0.169. The molecule has 38 heavy (non-hydrogen) atoms. The third-order valence-corrected chi connectivity index (χ3v) is 9.93. The number of hydrogen-bond donors (Lipinski definition) is 2. The maximum atomic E-state index is 12.4. The van der Waals surface area contributed by atoms with E-state index < -0.39 is 23.4 Å². The van der Waals surface area contributed by atoms with Crippen molar-refractivity contribution in [2.24, 2.45) is 29.1 Å². The van der Waals surface area contributed by atoms with Crippen molar-refractivity contribution >= 4 is 23.8 Å². The highest BCUT2D eigenvalue weighted by atomic mass is 16.5. The summed E-state index contributed by atoms with van der Waals surface area (Å²) < 4.78 is 5.50. The molecule has 0 spiro atoms. The molecule has 2 amide bonds. The van der Waals surface area contributed by atoms with Crippen LogP contribution in [0.2, 0.25) is 0 Å². The molecule has 216 valence electrons. The molecule has 2 aliphatic carbocycles. The van der Waals surface area contributed by atoms with Gasteiger partial charge in [-0.05, 0) is 74.0 Å². The monoisotopic (exact) mass is 534 g/mol. The lowest BCUT2D eigenvalue weighted by Crippen LogP contribution is -2.57. The van der Waals surface area contributed by atoms with Gasteiger partial charge in [-0.2, -0.15) is 0 Å². The largest absolute Gasteiger partial charge is 0.479 e. The van der Waals surface area contributed by atoms with E-state index in [9.17, 15) is 24.3 Å². The highest BCUT2D eigenvalue weighted by Crippen LogP contribution is 2.43. The number of hydrogen-bond acceptors (Lipinski definition) is 5. The highest BCUT2D eigenvalue weighted by molar-refractivity contribution is 6.09. The van der Waals surface area contributed by atoms with E-state index in [-0.39, 0.29) is 24.4 Å². The van der Waals surface area contributed by atoms with Crippen molar-refractivity contribution < 1.29 is 29.0 Å². The van der Waals surface area contributed by atoms with Gasteiger partial charge in [-0.1, -0.05) is 48.0 Å². The quantitative estimate of drug-likeness (QED) is 0.369. The van der Waals surface area contributed by atoms with Gasteiger partial charge in [0.15, 0.2) is 0 Å². The minimum atomic E-state index is -1.90. The summed E-state index contributed by atoms with van der Waals surface area (Å²) in [6, 6.07) is 0.541. The Labute approximate surface area is 228 Å². The van der Waals surface area contributed by atoms with E-state index in [4.69, 9.17) is 4.74 Å². The number of carbonyl (C=O) groups is 4. The number of carboxylic acids is 1. The molecule has 2 saturated carbocycles. The summed E-state index contributed by atoms with van der Waals surface area (Å²) in [5.41, 5.74) is -1.80. The van der Waals surface area contributed by atoms with Crippen molar-refractivity contribution in [2.45, 2.75) is 130 Å². The number of amides is 2. The fourth-order valence-corrected chi connectivity index (χ4v) is 6.93. The third kappa shape index (κ3) is 6.71. The SMILES string of the molecule is CC(C)C1(C)CCCC(OC(=O)[C@]2(C(=O)O)CCC(=O)N2)C1.CC1CCC(C(C)C)[C@@H](N2CCCC2=O)C1. The van der Waals surface area contributed by atoms with E-state index in [1.165, 1.54) is 19.3 Å². The van der Waals surface area contributed by atoms with E-state index in [1.54, 1.807) is 0 Å². The first-order chi connectivity index (χ1) is 17.8. The van der Waals surface area contributed by atoms with Crippen LogP contribution in [0.4, 0.5) is 0 Å². The normalized spacial score (nSPS) is 35.6.